The zero-order chi connectivity index (χ0) is 13.6. The van der Waals surface area contributed by atoms with Crippen LogP contribution in [0.5, 0.6) is 0 Å². The van der Waals surface area contributed by atoms with E-state index in [9.17, 15) is 15.3 Å². The Kier molecular flexibility index (Phi) is 2.83. The highest BCUT2D eigenvalue weighted by molar-refractivity contribution is 6.66. The Hall–Kier alpha value is -1.59. The Balaban J connectivity index is 2.77. The average molecular weight is 265 g/mol. The Morgan fingerprint density at radius 3 is 2.50 bits per heavy atom. The zero-order valence-corrected chi connectivity index (χ0v) is 11.0. The fourth-order valence-corrected chi connectivity index (χ4v) is 3.65. The second-order valence-electron chi connectivity index (χ2n) is 4.67. The van der Waals surface area contributed by atoms with Crippen molar-refractivity contribution in [2.75, 3.05) is 0 Å². The molecule has 18 heavy (non-hydrogen) atoms. The topological polar surface area (TPSA) is 89.0 Å². The van der Waals surface area contributed by atoms with Gasteiger partial charge in [-0.3, -0.25) is 9.79 Å². The van der Waals surface area contributed by atoms with Gasteiger partial charge in [-0.25, -0.2) is 0 Å². The lowest BCUT2D eigenvalue weighted by atomic mass is 9.55. The fourth-order valence-electron chi connectivity index (χ4n) is 3.34. The van der Waals surface area contributed by atoms with Crippen LogP contribution in [0.1, 0.15) is 26.7 Å². The Labute approximate surface area is 110 Å². The molecule has 2 bridgehead atoms. The monoisotopic (exact) mass is 264 g/mol. The molecule has 1 unspecified atom stereocenters. The standard InChI is InChI=1S/C12H13ClN4O/c1-3-11(4-2)9-16-8(13)7(5-14)12(11,6-15)10(18)17-9/h7,9H,3-4H2,1-2H3,(H,17,18)/t7?,9-,12+/m0/s1. The molecule has 2 rings (SSSR count). The minimum Gasteiger partial charge on any atom is -0.332 e. The minimum absolute atomic E-state index is 0.0555. The molecular formula is C12H13ClN4O. The number of nitriles is 2. The van der Waals surface area contributed by atoms with E-state index in [0.29, 0.717) is 12.8 Å². The van der Waals surface area contributed by atoms with E-state index in [1.165, 1.54) is 0 Å². The van der Waals surface area contributed by atoms with Gasteiger partial charge in [-0.2, -0.15) is 10.5 Å². The summed E-state index contributed by atoms with van der Waals surface area (Å²) < 4.78 is 0. The van der Waals surface area contributed by atoms with Crippen molar-refractivity contribution < 1.29 is 4.79 Å². The van der Waals surface area contributed by atoms with Crippen LogP contribution in [0.15, 0.2) is 4.99 Å². The third-order valence-electron chi connectivity index (χ3n) is 4.43. The molecule has 2 aliphatic rings. The summed E-state index contributed by atoms with van der Waals surface area (Å²) in [6.07, 6.45) is 0.676. The fraction of sp³-hybridized carbons (Fsp3) is 0.667. The molecule has 0 aromatic rings. The average Bonchev–Trinajstić information content (AvgIpc) is 2.53. The molecule has 94 valence electrons. The smallest absolute Gasteiger partial charge is 0.244 e. The van der Waals surface area contributed by atoms with Crippen LogP contribution in [-0.4, -0.2) is 17.2 Å². The van der Waals surface area contributed by atoms with Gasteiger partial charge in [0.25, 0.3) is 0 Å². The maximum atomic E-state index is 12.2. The quantitative estimate of drug-likeness (QED) is 0.820. The molecule has 6 heteroatoms. The van der Waals surface area contributed by atoms with Crippen LogP contribution in [0.4, 0.5) is 0 Å². The van der Waals surface area contributed by atoms with E-state index in [1.54, 1.807) is 0 Å². The third kappa shape index (κ3) is 1.11. The Bertz CT molecular complexity index is 511. The van der Waals surface area contributed by atoms with Crippen molar-refractivity contribution >= 4 is 22.7 Å². The summed E-state index contributed by atoms with van der Waals surface area (Å²) in [5, 5.41) is 21.6. The van der Waals surface area contributed by atoms with Crippen LogP contribution in [-0.2, 0) is 4.79 Å². The molecule has 1 fully saturated rings. The number of carbonyl (C=O) groups excluding carboxylic acids is 1. The first-order valence-corrected chi connectivity index (χ1v) is 6.26. The lowest BCUT2D eigenvalue weighted by Crippen LogP contribution is -2.53. The van der Waals surface area contributed by atoms with Crippen LogP contribution >= 0.6 is 11.6 Å². The molecule has 0 aromatic heterocycles. The zero-order valence-electron chi connectivity index (χ0n) is 10.2. The van der Waals surface area contributed by atoms with Gasteiger partial charge in [0, 0.05) is 5.41 Å². The largest absolute Gasteiger partial charge is 0.332 e. The molecule has 2 heterocycles. The molecule has 2 aliphatic heterocycles. The maximum absolute atomic E-state index is 12.2. The number of hydrogen-bond acceptors (Lipinski definition) is 4. The highest BCUT2D eigenvalue weighted by atomic mass is 35.5. The number of nitrogens with one attached hydrogen (secondary N) is 1. The maximum Gasteiger partial charge on any atom is 0.244 e. The molecule has 0 spiro atoms. The van der Waals surface area contributed by atoms with Crippen LogP contribution in [0.3, 0.4) is 0 Å². The van der Waals surface area contributed by atoms with Gasteiger partial charge in [-0.15, -0.1) is 0 Å². The van der Waals surface area contributed by atoms with Crippen molar-refractivity contribution in [2.45, 2.75) is 32.9 Å². The number of halogens is 1. The van der Waals surface area contributed by atoms with Crippen molar-refractivity contribution in [1.29, 1.82) is 10.5 Å². The van der Waals surface area contributed by atoms with E-state index in [0.717, 1.165) is 0 Å². The SMILES string of the molecule is CCC1(CC)[C@H]2N=C(Cl)C(C#N)[C@]1(C#N)C(=O)N2. The summed E-state index contributed by atoms with van der Waals surface area (Å²) in [4.78, 5) is 16.5. The summed E-state index contributed by atoms with van der Waals surface area (Å²) in [5.41, 5.74) is -2.08. The van der Waals surface area contributed by atoms with Gasteiger partial charge >= 0.3 is 0 Å². The second-order valence-corrected chi connectivity index (χ2v) is 5.06. The summed E-state index contributed by atoms with van der Waals surface area (Å²) in [6.45, 7) is 3.82. The molecule has 0 aromatic carbocycles. The molecular weight excluding hydrogens is 252 g/mol. The molecule has 1 saturated heterocycles. The molecule has 5 nitrogen and oxygen atoms in total. The van der Waals surface area contributed by atoms with E-state index >= 15 is 0 Å². The molecule has 0 saturated carbocycles. The van der Waals surface area contributed by atoms with Crippen molar-refractivity contribution in [3.8, 4) is 12.1 Å². The van der Waals surface area contributed by atoms with Crippen molar-refractivity contribution in [2.24, 2.45) is 21.7 Å². The van der Waals surface area contributed by atoms with Crippen LogP contribution < -0.4 is 5.32 Å². The normalized spacial score (nSPS) is 36.3. The van der Waals surface area contributed by atoms with E-state index in [2.05, 4.69) is 16.4 Å². The van der Waals surface area contributed by atoms with E-state index in [-0.39, 0.29) is 5.17 Å². The summed E-state index contributed by atoms with van der Waals surface area (Å²) in [7, 11) is 0. The van der Waals surface area contributed by atoms with Gasteiger partial charge in [-0.05, 0) is 12.8 Å². The third-order valence-corrected chi connectivity index (χ3v) is 4.74. The van der Waals surface area contributed by atoms with Gasteiger partial charge < -0.3 is 5.32 Å². The van der Waals surface area contributed by atoms with Crippen molar-refractivity contribution in [1.82, 2.24) is 5.32 Å². The Morgan fingerprint density at radius 2 is 2.06 bits per heavy atom. The van der Waals surface area contributed by atoms with Crippen LogP contribution in [0.2, 0.25) is 0 Å². The first kappa shape index (κ1) is 12.9. The summed E-state index contributed by atoms with van der Waals surface area (Å²) in [6, 6.07) is 4.06. The van der Waals surface area contributed by atoms with Gasteiger partial charge in [0.2, 0.25) is 5.91 Å². The molecule has 1 N–H and O–H groups in total. The molecule has 0 radical (unpaired) electrons. The lowest BCUT2D eigenvalue weighted by molar-refractivity contribution is -0.129. The number of aliphatic imine (C=N–C) groups is 1. The molecule has 1 amide bonds. The van der Waals surface area contributed by atoms with Gasteiger partial charge in [0.1, 0.15) is 17.3 Å². The van der Waals surface area contributed by atoms with Crippen LogP contribution in [0.25, 0.3) is 0 Å². The summed E-state index contributed by atoms with van der Waals surface area (Å²) >= 11 is 5.97. The van der Waals surface area contributed by atoms with E-state index in [4.69, 9.17) is 11.6 Å². The number of amides is 1. The van der Waals surface area contributed by atoms with Gasteiger partial charge in [-0.1, -0.05) is 25.4 Å². The highest BCUT2D eigenvalue weighted by Gasteiger charge is 2.71. The number of rotatable bonds is 2. The first-order chi connectivity index (χ1) is 8.53. The predicted octanol–water partition coefficient (Wildman–Crippen LogP) is 1.55. The lowest BCUT2D eigenvalue weighted by Gasteiger charge is -2.44. The molecule has 0 aliphatic carbocycles. The predicted molar refractivity (Wildman–Crippen MR) is 65.4 cm³/mol. The van der Waals surface area contributed by atoms with Gasteiger partial charge in [0.15, 0.2) is 5.41 Å². The second kappa shape index (κ2) is 3.96. The molecule has 3 atom stereocenters. The first-order valence-electron chi connectivity index (χ1n) is 5.89. The number of carbonyl (C=O) groups is 1. The number of hydrogen-bond donors (Lipinski definition) is 1. The number of nitrogens with zero attached hydrogens (tertiary/aromatic N) is 3. The van der Waals surface area contributed by atoms with Crippen molar-refractivity contribution in [3.63, 3.8) is 0 Å². The van der Waals surface area contributed by atoms with Crippen molar-refractivity contribution in [3.05, 3.63) is 0 Å². The van der Waals surface area contributed by atoms with Crippen LogP contribution in [0, 0.1) is 39.4 Å². The summed E-state index contributed by atoms with van der Waals surface area (Å²) in [5.74, 6) is -1.41. The Morgan fingerprint density at radius 1 is 1.44 bits per heavy atom. The minimum atomic E-state index is -1.42. The number of fused-ring (bicyclic) bond motifs is 2. The van der Waals surface area contributed by atoms with Gasteiger partial charge in [0.05, 0.1) is 12.1 Å². The van der Waals surface area contributed by atoms with E-state index < -0.39 is 28.8 Å². The van der Waals surface area contributed by atoms with E-state index in [1.807, 2.05) is 19.9 Å². The highest BCUT2D eigenvalue weighted by Crippen LogP contribution is 2.59.